The summed E-state index contributed by atoms with van der Waals surface area (Å²) in [5, 5.41) is 22.1. The van der Waals surface area contributed by atoms with E-state index in [2.05, 4.69) is 32.5 Å². The number of carbonyl (C=O) groups excluding carboxylic acids is 2. The number of aliphatic imine (C=N–C) groups is 1. The van der Waals surface area contributed by atoms with Crippen LogP contribution in [-0.4, -0.2) is 70.9 Å². The number of alkyl carbamates (subject to hydrolysis) is 1. The number of alkyl halides is 4. The number of carbonyl (C=O) groups is 2. The summed E-state index contributed by atoms with van der Waals surface area (Å²) >= 11 is 6.34. The van der Waals surface area contributed by atoms with E-state index in [1.807, 2.05) is 20.8 Å². The molecule has 0 saturated carbocycles. The molecule has 12 nitrogen and oxygen atoms in total. The number of hydrogen-bond donors (Lipinski definition) is 3. The van der Waals surface area contributed by atoms with Crippen LogP contribution in [0, 0.1) is 10.8 Å². The van der Waals surface area contributed by atoms with E-state index in [1.165, 1.54) is 48.7 Å². The highest BCUT2D eigenvalue weighted by Gasteiger charge is 2.33. The molecule has 1 heterocycles. The lowest BCUT2D eigenvalue weighted by molar-refractivity contribution is 0.0566. The van der Waals surface area contributed by atoms with Crippen molar-refractivity contribution >= 4 is 48.3 Å². The topological polar surface area (TPSA) is 140 Å². The zero-order valence-corrected chi connectivity index (χ0v) is 29.9. The Bertz CT molecular complexity index is 1700. The lowest BCUT2D eigenvalue weighted by atomic mass is 9.92. The Morgan fingerprint density at radius 3 is 2.29 bits per heavy atom. The maximum atomic E-state index is 14.4. The van der Waals surface area contributed by atoms with Gasteiger partial charge in [0.1, 0.15) is 12.9 Å². The lowest BCUT2D eigenvalue weighted by Gasteiger charge is -2.33. The van der Waals surface area contributed by atoms with Crippen LogP contribution < -0.4 is 15.6 Å². The molecule has 0 aliphatic carbocycles. The van der Waals surface area contributed by atoms with Gasteiger partial charge < -0.3 is 15.4 Å². The number of hydrogen-bond acceptors (Lipinski definition) is 7. The minimum absolute atomic E-state index is 0.0802. The zero-order chi connectivity index (χ0) is 38.1. The Hall–Kier alpha value is -4.99. The highest BCUT2D eigenvalue weighted by molar-refractivity contribution is 6.33. The van der Waals surface area contributed by atoms with Crippen molar-refractivity contribution in [1.82, 2.24) is 25.3 Å². The third-order valence-electron chi connectivity index (χ3n) is 7.10. The van der Waals surface area contributed by atoms with Gasteiger partial charge in [-0.2, -0.15) is 27.8 Å². The fourth-order valence-corrected chi connectivity index (χ4v) is 4.82. The molecule has 3 N–H and O–H groups in total. The summed E-state index contributed by atoms with van der Waals surface area (Å²) in [4.78, 5) is 31.7. The van der Waals surface area contributed by atoms with E-state index in [0.29, 0.717) is 27.2 Å². The molecule has 17 heteroatoms. The summed E-state index contributed by atoms with van der Waals surface area (Å²) < 4.78 is 60.6. The Balaban J connectivity index is 2.15. The van der Waals surface area contributed by atoms with Gasteiger partial charge in [-0.15, -0.1) is 0 Å². The number of benzene rings is 2. The summed E-state index contributed by atoms with van der Waals surface area (Å²) in [6, 6.07) is 8.70. The van der Waals surface area contributed by atoms with Crippen LogP contribution in [0.1, 0.15) is 76.5 Å². The number of nitrogens with zero attached hydrogens (tertiary/aromatic N) is 6. The van der Waals surface area contributed by atoms with Crippen LogP contribution in [0.3, 0.4) is 0 Å². The predicted octanol–water partition coefficient (Wildman–Crippen LogP) is 7.94. The SMILES string of the molecule is C=N/C=N\N(c1cc([C@@H](COC(=O)NC(C)(C)C)N(C(=N)NCCC(C)(C)C)C(=O)c2ccc(-c3cnn(C(F)F)c3)cc2)ccc1Cl)C(F)F. The van der Waals surface area contributed by atoms with Crippen LogP contribution >= 0.6 is 11.6 Å². The summed E-state index contributed by atoms with van der Waals surface area (Å²) in [6.45, 7) is 8.22. The van der Waals surface area contributed by atoms with Gasteiger partial charge >= 0.3 is 19.2 Å². The van der Waals surface area contributed by atoms with E-state index in [9.17, 15) is 27.2 Å². The lowest BCUT2D eigenvalue weighted by Crippen LogP contribution is -2.49. The molecule has 3 rings (SSSR count). The van der Waals surface area contributed by atoms with Gasteiger partial charge in [0, 0.05) is 29.4 Å². The third-order valence-corrected chi connectivity index (χ3v) is 7.42. The van der Waals surface area contributed by atoms with Crippen LogP contribution in [0.25, 0.3) is 11.1 Å². The minimum Gasteiger partial charge on any atom is -0.447 e. The van der Waals surface area contributed by atoms with E-state index in [-0.39, 0.29) is 39.8 Å². The van der Waals surface area contributed by atoms with E-state index < -0.39 is 43.3 Å². The average molecular weight is 736 g/mol. The normalized spacial score (nSPS) is 12.6. The first-order valence-corrected chi connectivity index (χ1v) is 16.1. The molecule has 1 aromatic heterocycles. The first-order valence-electron chi connectivity index (χ1n) is 15.7. The molecule has 0 aliphatic heterocycles. The van der Waals surface area contributed by atoms with Gasteiger partial charge in [-0.25, -0.2) is 14.5 Å². The van der Waals surface area contributed by atoms with Crippen LogP contribution in [0.15, 0.2) is 65.0 Å². The molecule has 2 amide bonds. The molecule has 0 aliphatic rings. The van der Waals surface area contributed by atoms with Crippen molar-refractivity contribution < 1.29 is 31.9 Å². The fourth-order valence-electron chi connectivity index (χ4n) is 4.62. The van der Waals surface area contributed by atoms with Gasteiger partial charge in [-0.3, -0.25) is 20.1 Å². The molecule has 1 atom stereocenters. The molecular formula is C34H42ClF4N9O3. The number of anilines is 1. The van der Waals surface area contributed by atoms with Crippen molar-refractivity contribution in [2.75, 3.05) is 18.2 Å². The maximum absolute atomic E-state index is 14.4. The molecule has 0 radical (unpaired) electrons. The van der Waals surface area contributed by atoms with Crippen molar-refractivity contribution in [3.05, 3.63) is 71.0 Å². The van der Waals surface area contributed by atoms with Gasteiger partial charge in [-0.05, 0) is 74.7 Å². The van der Waals surface area contributed by atoms with Crippen LogP contribution in [0.4, 0.5) is 28.0 Å². The molecule has 3 aromatic rings. The van der Waals surface area contributed by atoms with Gasteiger partial charge in [0.15, 0.2) is 5.96 Å². The number of guanidine groups is 1. The van der Waals surface area contributed by atoms with Crippen LogP contribution in [-0.2, 0) is 4.74 Å². The Kier molecular flexibility index (Phi) is 13.7. The third kappa shape index (κ3) is 11.8. The molecular weight excluding hydrogens is 694 g/mol. The molecule has 0 bridgehead atoms. The van der Waals surface area contributed by atoms with Gasteiger partial charge in [-0.1, -0.05) is 50.6 Å². The predicted molar refractivity (Wildman–Crippen MR) is 190 cm³/mol. The van der Waals surface area contributed by atoms with Crippen molar-refractivity contribution in [1.29, 1.82) is 5.41 Å². The van der Waals surface area contributed by atoms with Crippen LogP contribution in [0.2, 0.25) is 5.02 Å². The standard InChI is InChI=1S/C34H42ClF4N9O3/c1-33(2,3)14-15-42-31(40)47(28(49)22-10-8-21(9-11-22)24-17-43-46(18-24)29(36)37)27(19-51-32(50)45-34(4,5)6)23-12-13-25(35)26(16-23)48(30(38)39)44-20-41-7/h8-13,16-18,20,27,29-30H,7,14-15,19H2,1-6H3,(H2,40,42)(H,45,50)/b44-20-/t27-/m1/s1. The first kappa shape index (κ1) is 40.4. The molecule has 276 valence electrons. The summed E-state index contributed by atoms with van der Waals surface area (Å²) in [7, 11) is 0. The largest absolute Gasteiger partial charge is 0.447 e. The van der Waals surface area contributed by atoms with E-state index in [4.69, 9.17) is 21.7 Å². The quantitative estimate of drug-likeness (QED) is 0.0536. The Labute approximate surface area is 299 Å². The molecule has 0 saturated heterocycles. The van der Waals surface area contributed by atoms with Crippen molar-refractivity contribution in [3.8, 4) is 11.1 Å². The first-order chi connectivity index (χ1) is 23.8. The number of rotatable bonds is 13. The number of ether oxygens (including phenoxy) is 1. The molecule has 0 unspecified atom stereocenters. The van der Waals surface area contributed by atoms with Crippen molar-refractivity contribution in [2.45, 2.75) is 72.6 Å². The van der Waals surface area contributed by atoms with Crippen LogP contribution in [0.5, 0.6) is 0 Å². The van der Waals surface area contributed by atoms with Gasteiger partial charge in [0.05, 0.1) is 22.9 Å². The molecule has 51 heavy (non-hydrogen) atoms. The average Bonchev–Trinajstić information content (AvgIpc) is 3.53. The summed E-state index contributed by atoms with van der Waals surface area (Å²) in [5.41, 5.74) is 0.0415. The van der Waals surface area contributed by atoms with Gasteiger partial charge in [0.2, 0.25) is 0 Å². The van der Waals surface area contributed by atoms with Crippen molar-refractivity contribution in [2.24, 2.45) is 15.5 Å². The summed E-state index contributed by atoms with van der Waals surface area (Å²) in [5.74, 6) is -1.09. The highest BCUT2D eigenvalue weighted by Crippen LogP contribution is 2.34. The van der Waals surface area contributed by atoms with Crippen molar-refractivity contribution in [3.63, 3.8) is 0 Å². The second-order valence-electron chi connectivity index (χ2n) is 13.6. The number of nitrogens with one attached hydrogen (secondary N) is 3. The Morgan fingerprint density at radius 1 is 1.08 bits per heavy atom. The number of amides is 2. The number of hydrazone groups is 1. The molecule has 0 spiro atoms. The van der Waals surface area contributed by atoms with E-state index in [1.54, 1.807) is 20.8 Å². The fraction of sp³-hybridized carbons (Fsp3) is 0.412. The maximum Gasteiger partial charge on any atom is 0.407 e. The smallest absolute Gasteiger partial charge is 0.407 e. The Morgan fingerprint density at radius 2 is 1.75 bits per heavy atom. The monoisotopic (exact) mass is 735 g/mol. The highest BCUT2D eigenvalue weighted by atomic mass is 35.5. The molecule has 2 aromatic carbocycles. The number of aromatic nitrogens is 2. The molecule has 0 fully saturated rings. The van der Waals surface area contributed by atoms with Gasteiger partial charge in [0.25, 0.3) is 5.91 Å². The number of halogens is 5. The second kappa shape index (κ2) is 17.3. The second-order valence-corrected chi connectivity index (χ2v) is 14.0. The van der Waals surface area contributed by atoms with E-state index in [0.717, 1.165) is 17.4 Å². The summed E-state index contributed by atoms with van der Waals surface area (Å²) in [6.07, 6.45) is 3.01. The minimum atomic E-state index is -3.16. The zero-order valence-electron chi connectivity index (χ0n) is 29.1. The van der Waals surface area contributed by atoms with E-state index >= 15 is 0 Å².